The van der Waals surface area contributed by atoms with Crippen molar-refractivity contribution in [2.24, 2.45) is 0 Å². The highest BCUT2D eigenvalue weighted by molar-refractivity contribution is 7.89. The molecule has 1 aromatic rings. The molecule has 2 fully saturated rings. The van der Waals surface area contributed by atoms with Gasteiger partial charge in [0.1, 0.15) is 0 Å². The first-order valence-electron chi connectivity index (χ1n) is 9.97. The highest BCUT2D eigenvalue weighted by Crippen LogP contribution is 2.23. The van der Waals surface area contributed by atoms with Gasteiger partial charge < -0.3 is 5.32 Å². The largest absolute Gasteiger partial charge is 0.352 e. The molecule has 27 heavy (non-hydrogen) atoms. The first-order chi connectivity index (χ1) is 12.8. The molecule has 1 saturated carbocycles. The predicted molar refractivity (Wildman–Crippen MR) is 106 cm³/mol. The third-order valence-electron chi connectivity index (χ3n) is 5.82. The van der Waals surface area contributed by atoms with Gasteiger partial charge in [0.25, 0.3) is 0 Å². The molecule has 0 aromatic heterocycles. The van der Waals surface area contributed by atoms with Crippen molar-refractivity contribution >= 4 is 15.9 Å². The Morgan fingerprint density at radius 3 is 2.22 bits per heavy atom. The second-order valence-electron chi connectivity index (χ2n) is 7.78. The summed E-state index contributed by atoms with van der Waals surface area (Å²) in [7, 11) is -3.48. The quantitative estimate of drug-likeness (QED) is 0.771. The van der Waals surface area contributed by atoms with Gasteiger partial charge in [-0.05, 0) is 49.8 Å². The van der Waals surface area contributed by atoms with E-state index in [0.717, 1.165) is 24.8 Å². The van der Waals surface area contributed by atoms with Crippen molar-refractivity contribution in [2.45, 2.75) is 62.9 Å². The van der Waals surface area contributed by atoms with Gasteiger partial charge in [0.05, 0.1) is 10.9 Å². The molecule has 1 aliphatic heterocycles. The molecule has 3 rings (SSSR count). The van der Waals surface area contributed by atoms with E-state index in [1.165, 1.54) is 4.31 Å². The van der Waals surface area contributed by atoms with Gasteiger partial charge in [0, 0.05) is 32.2 Å². The number of rotatable bonds is 7. The summed E-state index contributed by atoms with van der Waals surface area (Å²) in [5.41, 5.74) is 1.16. The minimum atomic E-state index is -3.48. The van der Waals surface area contributed by atoms with Crippen LogP contribution in [-0.2, 0) is 14.8 Å². The molecule has 2 unspecified atom stereocenters. The average molecular weight is 394 g/mol. The van der Waals surface area contributed by atoms with Crippen LogP contribution in [0.15, 0.2) is 29.2 Å². The summed E-state index contributed by atoms with van der Waals surface area (Å²) < 4.78 is 27.4. The zero-order valence-corrected chi connectivity index (χ0v) is 17.3. The molecule has 1 heterocycles. The summed E-state index contributed by atoms with van der Waals surface area (Å²) in [6, 6.07) is 7.40. The Hall–Kier alpha value is -1.44. The summed E-state index contributed by atoms with van der Waals surface area (Å²) in [6.07, 6.45) is 3.17. The lowest BCUT2D eigenvalue weighted by molar-refractivity contribution is -0.126. The van der Waals surface area contributed by atoms with E-state index in [1.807, 2.05) is 19.1 Å². The first-order valence-corrected chi connectivity index (χ1v) is 11.4. The number of amides is 1. The van der Waals surface area contributed by atoms with Crippen LogP contribution in [0.25, 0.3) is 0 Å². The third kappa shape index (κ3) is 4.70. The molecule has 0 bridgehead atoms. The maximum absolute atomic E-state index is 12.9. The standard InChI is InChI=1S/C20H31N3O3S/c1-4-15(2)17-5-9-19(10-6-17)27(25,26)23-13-11-22(12-14-23)16(3)20(24)21-18-7-8-18/h5-6,9-10,15-16,18H,4,7-8,11-14H2,1-3H3,(H,21,24). The summed E-state index contributed by atoms with van der Waals surface area (Å²) in [5.74, 6) is 0.475. The zero-order chi connectivity index (χ0) is 19.6. The lowest BCUT2D eigenvalue weighted by atomic mass is 9.99. The normalized spacial score (nSPS) is 21.6. The van der Waals surface area contributed by atoms with Crippen molar-refractivity contribution in [1.29, 1.82) is 0 Å². The van der Waals surface area contributed by atoms with Crippen molar-refractivity contribution in [3.05, 3.63) is 29.8 Å². The van der Waals surface area contributed by atoms with E-state index in [2.05, 4.69) is 24.1 Å². The molecule has 1 N–H and O–H groups in total. The maximum atomic E-state index is 12.9. The van der Waals surface area contributed by atoms with E-state index in [9.17, 15) is 13.2 Å². The number of nitrogens with zero attached hydrogens (tertiary/aromatic N) is 2. The second kappa shape index (κ2) is 8.29. The fourth-order valence-electron chi connectivity index (χ4n) is 3.40. The second-order valence-corrected chi connectivity index (χ2v) is 9.72. The first kappa shape index (κ1) is 20.3. The van der Waals surface area contributed by atoms with Crippen molar-refractivity contribution in [3.8, 4) is 0 Å². The zero-order valence-electron chi connectivity index (χ0n) is 16.5. The van der Waals surface area contributed by atoms with Gasteiger partial charge in [0.15, 0.2) is 0 Å². The molecule has 2 aliphatic rings. The van der Waals surface area contributed by atoms with Crippen molar-refractivity contribution in [2.75, 3.05) is 26.2 Å². The van der Waals surface area contributed by atoms with E-state index in [0.29, 0.717) is 43.0 Å². The Balaban J connectivity index is 1.59. The van der Waals surface area contributed by atoms with E-state index in [1.54, 1.807) is 12.1 Å². The van der Waals surface area contributed by atoms with Crippen molar-refractivity contribution in [1.82, 2.24) is 14.5 Å². The van der Waals surface area contributed by atoms with Gasteiger partial charge in [-0.2, -0.15) is 4.31 Å². The number of nitrogens with one attached hydrogen (secondary N) is 1. The Morgan fingerprint density at radius 2 is 1.70 bits per heavy atom. The monoisotopic (exact) mass is 393 g/mol. The molecule has 7 heteroatoms. The van der Waals surface area contributed by atoms with Gasteiger partial charge in [0.2, 0.25) is 15.9 Å². The smallest absolute Gasteiger partial charge is 0.243 e. The summed E-state index contributed by atoms with van der Waals surface area (Å²) in [6.45, 7) is 8.14. The number of hydrogen-bond donors (Lipinski definition) is 1. The van der Waals surface area contributed by atoms with Crippen LogP contribution in [0.2, 0.25) is 0 Å². The molecular weight excluding hydrogens is 362 g/mol. The van der Waals surface area contributed by atoms with E-state index >= 15 is 0 Å². The van der Waals surface area contributed by atoms with Crippen LogP contribution in [0.3, 0.4) is 0 Å². The molecule has 1 aliphatic carbocycles. The Labute approximate surface area is 163 Å². The van der Waals surface area contributed by atoms with Gasteiger partial charge in [-0.1, -0.05) is 26.0 Å². The van der Waals surface area contributed by atoms with Crippen molar-refractivity contribution < 1.29 is 13.2 Å². The third-order valence-corrected chi connectivity index (χ3v) is 7.74. The number of hydrogen-bond acceptors (Lipinski definition) is 4. The minimum absolute atomic E-state index is 0.0504. The van der Waals surface area contributed by atoms with Gasteiger partial charge >= 0.3 is 0 Å². The molecule has 0 radical (unpaired) electrons. The van der Waals surface area contributed by atoms with Gasteiger partial charge in [-0.3, -0.25) is 9.69 Å². The van der Waals surface area contributed by atoms with Crippen LogP contribution in [-0.4, -0.2) is 61.8 Å². The van der Waals surface area contributed by atoms with Crippen LogP contribution in [0, 0.1) is 0 Å². The molecule has 150 valence electrons. The van der Waals surface area contributed by atoms with Crippen LogP contribution >= 0.6 is 0 Å². The van der Waals surface area contributed by atoms with Crippen LogP contribution < -0.4 is 5.32 Å². The summed E-state index contributed by atoms with van der Waals surface area (Å²) in [4.78, 5) is 14.6. The fraction of sp³-hybridized carbons (Fsp3) is 0.650. The Morgan fingerprint density at radius 1 is 1.11 bits per heavy atom. The number of benzene rings is 1. The van der Waals surface area contributed by atoms with Crippen LogP contribution in [0.4, 0.5) is 0 Å². The average Bonchev–Trinajstić information content (AvgIpc) is 3.51. The number of sulfonamides is 1. The Kier molecular flexibility index (Phi) is 6.23. The number of carbonyl (C=O) groups is 1. The lowest BCUT2D eigenvalue weighted by Crippen LogP contribution is -2.55. The topological polar surface area (TPSA) is 69.7 Å². The van der Waals surface area contributed by atoms with Gasteiger partial charge in [-0.25, -0.2) is 8.42 Å². The fourth-order valence-corrected chi connectivity index (χ4v) is 4.82. The van der Waals surface area contributed by atoms with E-state index in [-0.39, 0.29) is 11.9 Å². The number of piperazine rings is 1. The molecular formula is C20H31N3O3S. The minimum Gasteiger partial charge on any atom is -0.352 e. The maximum Gasteiger partial charge on any atom is 0.243 e. The molecule has 1 aromatic carbocycles. The molecule has 2 atom stereocenters. The highest BCUT2D eigenvalue weighted by Gasteiger charge is 2.33. The molecule has 0 spiro atoms. The highest BCUT2D eigenvalue weighted by atomic mass is 32.2. The predicted octanol–water partition coefficient (Wildman–Crippen LogP) is 2.17. The van der Waals surface area contributed by atoms with Gasteiger partial charge in [-0.15, -0.1) is 0 Å². The molecule has 1 saturated heterocycles. The van der Waals surface area contributed by atoms with Crippen molar-refractivity contribution in [3.63, 3.8) is 0 Å². The SMILES string of the molecule is CCC(C)c1ccc(S(=O)(=O)N2CCN(C(C)C(=O)NC3CC3)CC2)cc1. The lowest BCUT2D eigenvalue weighted by Gasteiger charge is -2.36. The van der Waals surface area contributed by atoms with Crippen LogP contribution in [0.1, 0.15) is 51.5 Å². The summed E-state index contributed by atoms with van der Waals surface area (Å²) >= 11 is 0. The molecule has 1 amide bonds. The van der Waals surface area contributed by atoms with Crippen LogP contribution in [0.5, 0.6) is 0 Å². The summed E-state index contributed by atoms with van der Waals surface area (Å²) in [5, 5.41) is 3.02. The Bertz CT molecular complexity index is 751. The van der Waals surface area contributed by atoms with E-state index in [4.69, 9.17) is 0 Å². The van der Waals surface area contributed by atoms with E-state index < -0.39 is 10.0 Å². The molecule has 6 nitrogen and oxygen atoms in total. The number of carbonyl (C=O) groups excluding carboxylic acids is 1.